The minimum absolute atomic E-state index is 0.664. The van der Waals surface area contributed by atoms with E-state index in [1.807, 2.05) is 6.07 Å². The van der Waals surface area contributed by atoms with Gasteiger partial charge in [0.2, 0.25) is 5.95 Å². The van der Waals surface area contributed by atoms with E-state index in [1.165, 1.54) is 4.88 Å². The fraction of sp³-hybridized carbons (Fsp3) is 0.111. The van der Waals surface area contributed by atoms with Crippen molar-refractivity contribution in [2.45, 2.75) is 6.54 Å². The lowest BCUT2D eigenvalue weighted by Gasteiger charge is -2.00. The fourth-order valence-corrected chi connectivity index (χ4v) is 2.43. The van der Waals surface area contributed by atoms with Crippen LogP contribution < -0.4 is 5.32 Å². The van der Waals surface area contributed by atoms with Crippen molar-refractivity contribution in [2.75, 3.05) is 5.32 Å². The maximum atomic E-state index is 4.07. The van der Waals surface area contributed by atoms with Crippen LogP contribution in [0.2, 0.25) is 0 Å². The zero-order chi connectivity index (χ0) is 9.80. The Balaban J connectivity index is 1.95. The molecule has 2 heterocycles. The van der Waals surface area contributed by atoms with Crippen LogP contribution in [0.5, 0.6) is 0 Å². The highest BCUT2D eigenvalue weighted by Gasteiger charge is 1.98. The van der Waals surface area contributed by atoms with Crippen LogP contribution in [0.3, 0.4) is 0 Å². The van der Waals surface area contributed by atoms with Crippen molar-refractivity contribution < 1.29 is 0 Å². The molecule has 2 aromatic rings. The second kappa shape index (κ2) is 4.52. The Labute approximate surface area is 94.4 Å². The Morgan fingerprint density at radius 2 is 2.07 bits per heavy atom. The molecule has 3 nitrogen and oxygen atoms in total. The third-order valence-electron chi connectivity index (χ3n) is 1.62. The number of hydrogen-bond acceptors (Lipinski definition) is 4. The summed E-state index contributed by atoms with van der Waals surface area (Å²) in [7, 11) is 0. The van der Waals surface area contributed by atoms with Gasteiger partial charge in [-0.15, -0.1) is 11.3 Å². The maximum Gasteiger partial charge on any atom is 0.222 e. The van der Waals surface area contributed by atoms with Gasteiger partial charge in [0.05, 0.1) is 10.3 Å². The smallest absolute Gasteiger partial charge is 0.222 e. The molecule has 0 aliphatic carbocycles. The summed E-state index contributed by atoms with van der Waals surface area (Å²) in [6, 6.07) is 5.91. The third kappa shape index (κ3) is 2.52. The van der Waals surface area contributed by atoms with Crippen molar-refractivity contribution in [2.24, 2.45) is 0 Å². The van der Waals surface area contributed by atoms with Crippen LogP contribution in [-0.2, 0) is 6.54 Å². The number of nitrogens with zero attached hydrogens (tertiary/aromatic N) is 2. The van der Waals surface area contributed by atoms with Gasteiger partial charge in [0.25, 0.3) is 0 Å². The van der Waals surface area contributed by atoms with E-state index in [4.69, 9.17) is 0 Å². The summed E-state index contributed by atoms with van der Waals surface area (Å²) in [5, 5.41) is 3.14. The van der Waals surface area contributed by atoms with Gasteiger partial charge in [-0.2, -0.15) is 0 Å². The second-order valence-corrected chi connectivity index (χ2v) is 5.18. The predicted octanol–water partition coefficient (Wildman–Crippen LogP) is 2.91. The Morgan fingerprint density at radius 1 is 1.29 bits per heavy atom. The summed E-state index contributed by atoms with van der Waals surface area (Å²) >= 11 is 5.12. The Morgan fingerprint density at radius 3 is 2.71 bits per heavy atom. The lowest BCUT2D eigenvalue weighted by molar-refractivity contribution is 1.07. The van der Waals surface area contributed by atoms with Gasteiger partial charge >= 0.3 is 0 Å². The highest BCUT2D eigenvalue weighted by atomic mass is 79.9. The average molecular weight is 270 g/mol. The van der Waals surface area contributed by atoms with Gasteiger partial charge in [-0.1, -0.05) is 0 Å². The summed E-state index contributed by atoms with van der Waals surface area (Å²) in [6.07, 6.45) is 3.44. The number of thiophene rings is 1. The van der Waals surface area contributed by atoms with Crippen molar-refractivity contribution in [1.29, 1.82) is 0 Å². The molecule has 0 bridgehead atoms. The third-order valence-corrected chi connectivity index (χ3v) is 3.24. The maximum absolute atomic E-state index is 4.07. The Bertz CT molecular complexity index is 401. The molecule has 2 aromatic heterocycles. The minimum Gasteiger partial charge on any atom is -0.349 e. The van der Waals surface area contributed by atoms with Gasteiger partial charge in [0, 0.05) is 17.3 Å². The molecule has 2 rings (SSSR count). The van der Waals surface area contributed by atoms with Gasteiger partial charge in [-0.05, 0) is 34.1 Å². The quantitative estimate of drug-likeness (QED) is 0.931. The first-order valence-electron chi connectivity index (χ1n) is 4.10. The second-order valence-electron chi connectivity index (χ2n) is 2.63. The molecule has 0 saturated heterocycles. The summed E-state index contributed by atoms with van der Waals surface area (Å²) < 4.78 is 1.14. The first-order valence-corrected chi connectivity index (χ1v) is 5.70. The summed E-state index contributed by atoms with van der Waals surface area (Å²) in [5.41, 5.74) is 0. The van der Waals surface area contributed by atoms with Gasteiger partial charge in [0.1, 0.15) is 0 Å². The molecule has 14 heavy (non-hydrogen) atoms. The van der Waals surface area contributed by atoms with Crippen LogP contribution >= 0.6 is 27.3 Å². The van der Waals surface area contributed by atoms with E-state index in [0.717, 1.165) is 10.3 Å². The molecular formula is C9H8BrN3S. The van der Waals surface area contributed by atoms with E-state index in [-0.39, 0.29) is 0 Å². The number of rotatable bonds is 3. The number of hydrogen-bond donors (Lipinski definition) is 1. The van der Waals surface area contributed by atoms with Crippen LogP contribution in [0.25, 0.3) is 0 Å². The normalized spacial score (nSPS) is 10.1. The topological polar surface area (TPSA) is 37.8 Å². The number of aromatic nitrogens is 2. The monoisotopic (exact) mass is 269 g/mol. The van der Waals surface area contributed by atoms with E-state index >= 15 is 0 Å². The molecule has 1 N–H and O–H groups in total. The summed E-state index contributed by atoms with van der Waals surface area (Å²) in [6.45, 7) is 0.764. The molecule has 5 heteroatoms. The highest BCUT2D eigenvalue weighted by molar-refractivity contribution is 9.11. The van der Waals surface area contributed by atoms with Crippen LogP contribution in [0.4, 0.5) is 5.95 Å². The van der Waals surface area contributed by atoms with Crippen LogP contribution in [0.15, 0.2) is 34.4 Å². The lowest BCUT2D eigenvalue weighted by Crippen LogP contribution is -2.00. The van der Waals surface area contributed by atoms with Crippen molar-refractivity contribution in [3.05, 3.63) is 39.3 Å². The van der Waals surface area contributed by atoms with Crippen LogP contribution in [0, 0.1) is 0 Å². The first-order chi connectivity index (χ1) is 6.84. The van der Waals surface area contributed by atoms with Crippen molar-refractivity contribution in [1.82, 2.24) is 9.97 Å². The zero-order valence-electron chi connectivity index (χ0n) is 7.27. The summed E-state index contributed by atoms with van der Waals surface area (Å²) in [5.74, 6) is 0.664. The number of halogens is 1. The largest absolute Gasteiger partial charge is 0.349 e. The minimum atomic E-state index is 0.664. The van der Waals surface area contributed by atoms with Crippen molar-refractivity contribution in [3.63, 3.8) is 0 Å². The van der Waals surface area contributed by atoms with Crippen molar-refractivity contribution in [3.8, 4) is 0 Å². The zero-order valence-corrected chi connectivity index (χ0v) is 9.68. The van der Waals surface area contributed by atoms with Gasteiger partial charge in [-0.25, -0.2) is 9.97 Å². The first kappa shape index (κ1) is 9.61. The van der Waals surface area contributed by atoms with Gasteiger partial charge < -0.3 is 5.32 Å². The molecular weight excluding hydrogens is 262 g/mol. The number of nitrogens with one attached hydrogen (secondary N) is 1. The molecule has 0 radical (unpaired) electrons. The molecule has 0 amide bonds. The van der Waals surface area contributed by atoms with Gasteiger partial charge in [0.15, 0.2) is 0 Å². The fourth-order valence-electron chi connectivity index (χ4n) is 1.00. The average Bonchev–Trinajstić information content (AvgIpc) is 2.63. The van der Waals surface area contributed by atoms with Crippen LogP contribution in [-0.4, -0.2) is 9.97 Å². The molecule has 0 aliphatic rings. The van der Waals surface area contributed by atoms with Crippen molar-refractivity contribution >= 4 is 33.2 Å². The molecule has 0 atom stereocenters. The Kier molecular flexibility index (Phi) is 3.10. The SMILES string of the molecule is Brc1ccc(CNc2ncccn2)s1. The van der Waals surface area contributed by atoms with Crippen LogP contribution in [0.1, 0.15) is 4.88 Å². The van der Waals surface area contributed by atoms with E-state index in [2.05, 4.69) is 37.3 Å². The number of anilines is 1. The highest BCUT2D eigenvalue weighted by Crippen LogP contribution is 2.22. The standard InChI is InChI=1S/C9H8BrN3S/c10-8-3-2-7(14-8)6-13-9-11-4-1-5-12-9/h1-5H,6H2,(H,11,12,13). The molecule has 0 aromatic carbocycles. The molecule has 72 valence electrons. The molecule has 0 spiro atoms. The van der Waals surface area contributed by atoms with E-state index < -0.39 is 0 Å². The molecule has 0 fully saturated rings. The van der Waals surface area contributed by atoms with E-state index in [9.17, 15) is 0 Å². The van der Waals surface area contributed by atoms with E-state index in [0.29, 0.717) is 5.95 Å². The van der Waals surface area contributed by atoms with E-state index in [1.54, 1.807) is 29.8 Å². The Hall–Kier alpha value is -0.940. The van der Waals surface area contributed by atoms with Gasteiger partial charge in [-0.3, -0.25) is 0 Å². The molecule has 0 saturated carbocycles. The summed E-state index contributed by atoms with van der Waals surface area (Å²) in [4.78, 5) is 9.40. The lowest BCUT2D eigenvalue weighted by atomic mass is 10.5. The predicted molar refractivity (Wildman–Crippen MR) is 61.4 cm³/mol. The molecule has 0 aliphatic heterocycles. The molecule has 0 unspecified atom stereocenters.